The van der Waals surface area contributed by atoms with Gasteiger partial charge in [-0.3, -0.25) is 18.6 Å². The van der Waals surface area contributed by atoms with Gasteiger partial charge in [-0.2, -0.15) is 0 Å². The van der Waals surface area contributed by atoms with Crippen LogP contribution in [0.2, 0.25) is 0 Å². The summed E-state index contributed by atoms with van der Waals surface area (Å²) in [5.41, 5.74) is 0. The van der Waals surface area contributed by atoms with Crippen molar-refractivity contribution in [2.75, 3.05) is 47.5 Å². The Hall–Kier alpha value is -1.25. The minimum absolute atomic E-state index is 0.0323. The molecule has 0 heterocycles. The Bertz CT molecular complexity index is 784. The van der Waals surface area contributed by atoms with Gasteiger partial charge in [0.05, 0.1) is 27.7 Å². The van der Waals surface area contributed by atoms with Crippen LogP contribution in [0.5, 0.6) is 0 Å². The summed E-state index contributed by atoms with van der Waals surface area (Å²) in [7, 11) is 1.47. The Morgan fingerprint density at radius 1 is 0.682 bits per heavy atom. The SMILES string of the molecule is CCCCC/C=C\CCCCCCCC(=O)OC(COC(=O)CCCCCCCCCC)COP(=O)(O)OCC[N+](C)(C)C. The molecular formula is C34H67NO8P+. The van der Waals surface area contributed by atoms with Crippen LogP contribution in [0.1, 0.15) is 142 Å². The molecule has 0 aliphatic carbocycles. The number of phosphoric acid groups is 1. The van der Waals surface area contributed by atoms with Crippen molar-refractivity contribution in [2.45, 2.75) is 148 Å². The van der Waals surface area contributed by atoms with E-state index in [9.17, 15) is 19.0 Å². The van der Waals surface area contributed by atoms with Gasteiger partial charge in [-0.1, -0.05) is 103 Å². The predicted molar refractivity (Wildman–Crippen MR) is 178 cm³/mol. The average molecular weight is 649 g/mol. The largest absolute Gasteiger partial charge is 0.472 e. The molecule has 0 radical (unpaired) electrons. The van der Waals surface area contributed by atoms with Crippen molar-refractivity contribution >= 4 is 19.8 Å². The summed E-state index contributed by atoms with van der Waals surface area (Å²) in [5.74, 6) is -0.814. The maximum Gasteiger partial charge on any atom is 0.472 e. The van der Waals surface area contributed by atoms with Gasteiger partial charge in [0.1, 0.15) is 19.8 Å². The molecular weight excluding hydrogens is 581 g/mol. The van der Waals surface area contributed by atoms with Crippen LogP contribution < -0.4 is 0 Å². The highest BCUT2D eigenvalue weighted by molar-refractivity contribution is 7.47. The van der Waals surface area contributed by atoms with E-state index in [-0.39, 0.29) is 32.0 Å². The van der Waals surface area contributed by atoms with Gasteiger partial charge in [0.25, 0.3) is 0 Å². The second kappa shape index (κ2) is 28.0. The quantitative estimate of drug-likeness (QED) is 0.0262. The number of esters is 2. The molecule has 260 valence electrons. The minimum atomic E-state index is -4.36. The van der Waals surface area contributed by atoms with E-state index in [0.717, 1.165) is 51.4 Å². The number of carbonyl (C=O) groups excluding carboxylic acids is 2. The topological polar surface area (TPSA) is 108 Å². The van der Waals surface area contributed by atoms with E-state index in [1.807, 2.05) is 21.1 Å². The van der Waals surface area contributed by atoms with Crippen LogP contribution in [-0.2, 0) is 32.7 Å². The predicted octanol–water partition coefficient (Wildman–Crippen LogP) is 8.68. The van der Waals surface area contributed by atoms with Crippen molar-refractivity contribution < 1.29 is 42.1 Å². The van der Waals surface area contributed by atoms with Crippen molar-refractivity contribution in [3.05, 3.63) is 12.2 Å². The molecule has 1 N–H and O–H groups in total. The van der Waals surface area contributed by atoms with Crippen LogP contribution in [-0.4, -0.2) is 74.9 Å². The van der Waals surface area contributed by atoms with Crippen molar-refractivity contribution in [2.24, 2.45) is 0 Å². The molecule has 0 aromatic rings. The lowest BCUT2D eigenvalue weighted by Gasteiger charge is -2.24. The lowest BCUT2D eigenvalue weighted by atomic mass is 10.1. The molecule has 0 bridgehead atoms. The fraction of sp³-hybridized carbons (Fsp3) is 0.882. The second-order valence-corrected chi connectivity index (χ2v) is 14.4. The first-order valence-electron chi connectivity index (χ1n) is 17.4. The van der Waals surface area contributed by atoms with E-state index in [2.05, 4.69) is 26.0 Å². The highest BCUT2D eigenvalue weighted by atomic mass is 31.2. The summed E-state index contributed by atoms with van der Waals surface area (Å²) < 4.78 is 34.0. The van der Waals surface area contributed by atoms with Crippen molar-refractivity contribution in [3.63, 3.8) is 0 Å². The number of hydrogen-bond acceptors (Lipinski definition) is 7. The summed E-state index contributed by atoms with van der Waals surface area (Å²) >= 11 is 0. The maximum absolute atomic E-state index is 12.5. The van der Waals surface area contributed by atoms with Crippen molar-refractivity contribution in [1.82, 2.24) is 0 Å². The smallest absolute Gasteiger partial charge is 0.462 e. The third-order valence-electron chi connectivity index (χ3n) is 7.30. The third-order valence-corrected chi connectivity index (χ3v) is 8.28. The van der Waals surface area contributed by atoms with E-state index >= 15 is 0 Å². The zero-order valence-electron chi connectivity index (χ0n) is 28.9. The number of ether oxygens (including phenoxy) is 2. The standard InChI is InChI=1S/C34H66NO8P/c1-6-8-10-12-14-16-17-18-19-21-23-25-27-34(37)43-32(31-42-44(38,39)41-29-28-35(3,4)5)30-40-33(36)26-24-22-20-15-13-11-9-7-2/h14,16,32H,6-13,15,17-31H2,1-5H3/p+1/b16-14-. The molecule has 0 aromatic carbocycles. The molecule has 0 aromatic heterocycles. The van der Waals surface area contributed by atoms with Crippen LogP contribution in [0.4, 0.5) is 0 Å². The molecule has 0 saturated heterocycles. The van der Waals surface area contributed by atoms with Gasteiger partial charge >= 0.3 is 19.8 Å². The number of rotatable bonds is 31. The summed E-state index contributed by atoms with van der Waals surface area (Å²) in [4.78, 5) is 34.9. The zero-order valence-corrected chi connectivity index (χ0v) is 29.8. The number of nitrogens with zero attached hydrogens (tertiary/aromatic N) is 1. The van der Waals surface area contributed by atoms with Crippen LogP contribution in [0.25, 0.3) is 0 Å². The van der Waals surface area contributed by atoms with E-state index < -0.39 is 26.5 Å². The summed E-state index contributed by atoms with van der Waals surface area (Å²) in [6.45, 7) is 4.33. The molecule has 2 unspecified atom stereocenters. The van der Waals surface area contributed by atoms with Gasteiger partial charge in [-0.25, -0.2) is 4.57 Å². The maximum atomic E-state index is 12.5. The van der Waals surface area contributed by atoms with Gasteiger partial charge in [0, 0.05) is 12.8 Å². The summed E-state index contributed by atoms with van der Waals surface area (Å²) in [6, 6.07) is 0. The average Bonchev–Trinajstić information content (AvgIpc) is 2.95. The fourth-order valence-electron chi connectivity index (χ4n) is 4.48. The summed E-state index contributed by atoms with van der Waals surface area (Å²) in [6.07, 6.45) is 24.1. The normalized spacial score (nSPS) is 14.0. The highest BCUT2D eigenvalue weighted by Crippen LogP contribution is 2.43. The Morgan fingerprint density at radius 2 is 1.16 bits per heavy atom. The first-order valence-corrected chi connectivity index (χ1v) is 18.9. The zero-order chi connectivity index (χ0) is 32.9. The minimum Gasteiger partial charge on any atom is -0.462 e. The number of hydrogen-bond donors (Lipinski definition) is 1. The van der Waals surface area contributed by atoms with Crippen molar-refractivity contribution in [3.8, 4) is 0 Å². The van der Waals surface area contributed by atoms with E-state index in [1.165, 1.54) is 57.8 Å². The number of likely N-dealkylation sites (N-methyl/N-ethyl adjacent to an activating group) is 1. The molecule has 0 aliphatic rings. The highest BCUT2D eigenvalue weighted by Gasteiger charge is 2.27. The molecule has 0 amide bonds. The van der Waals surface area contributed by atoms with Gasteiger partial charge in [-0.15, -0.1) is 0 Å². The van der Waals surface area contributed by atoms with Gasteiger partial charge < -0.3 is 18.9 Å². The van der Waals surface area contributed by atoms with E-state index in [1.54, 1.807) is 0 Å². The number of carbonyl (C=O) groups is 2. The van der Waals surface area contributed by atoms with Crippen LogP contribution >= 0.6 is 7.82 Å². The number of phosphoric ester groups is 1. The van der Waals surface area contributed by atoms with E-state index in [0.29, 0.717) is 17.4 Å². The number of unbranched alkanes of at least 4 members (excludes halogenated alkanes) is 15. The van der Waals surface area contributed by atoms with Gasteiger partial charge in [0.2, 0.25) is 0 Å². The van der Waals surface area contributed by atoms with E-state index in [4.69, 9.17) is 18.5 Å². The lowest BCUT2D eigenvalue weighted by Crippen LogP contribution is -2.37. The Labute approximate surface area is 269 Å². The number of allylic oxidation sites excluding steroid dienone is 2. The summed E-state index contributed by atoms with van der Waals surface area (Å²) in [5, 5.41) is 0. The molecule has 2 atom stereocenters. The third kappa shape index (κ3) is 30.8. The molecule has 0 saturated carbocycles. The second-order valence-electron chi connectivity index (χ2n) is 12.9. The Morgan fingerprint density at radius 3 is 1.73 bits per heavy atom. The lowest BCUT2D eigenvalue weighted by molar-refractivity contribution is -0.870. The van der Waals surface area contributed by atoms with Crippen LogP contribution in [0, 0.1) is 0 Å². The monoisotopic (exact) mass is 648 g/mol. The van der Waals surface area contributed by atoms with Crippen molar-refractivity contribution in [1.29, 1.82) is 0 Å². The van der Waals surface area contributed by atoms with Crippen LogP contribution in [0.3, 0.4) is 0 Å². The Balaban J connectivity index is 4.50. The molecule has 0 aliphatic heterocycles. The molecule has 9 nitrogen and oxygen atoms in total. The first kappa shape index (κ1) is 42.8. The fourth-order valence-corrected chi connectivity index (χ4v) is 5.22. The number of quaternary nitrogens is 1. The molecule has 0 rings (SSSR count). The van der Waals surface area contributed by atoms with Crippen LogP contribution in [0.15, 0.2) is 12.2 Å². The first-order chi connectivity index (χ1) is 21.0. The van der Waals surface area contributed by atoms with Gasteiger partial charge in [-0.05, 0) is 38.5 Å². The molecule has 44 heavy (non-hydrogen) atoms. The Kier molecular flexibility index (Phi) is 27.2. The van der Waals surface area contributed by atoms with Gasteiger partial charge in [0.15, 0.2) is 6.10 Å². The molecule has 0 spiro atoms. The molecule has 10 heteroatoms. The molecule has 0 fully saturated rings.